The highest BCUT2D eigenvalue weighted by Crippen LogP contribution is 2.17. The molecule has 0 aromatic heterocycles. The fourth-order valence-corrected chi connectivity index (χ4v) is 2.28. The molecule has 1 heterocycles. The first-order valence-electron chi connectivity index (χ1n) is 6.90. The monoisotopic (exact) mass is 262 g/mol. The molecule has 1 N–H and O–H groups in total. The van der Waals surface area contributed by atoms with E-state index in [9.17, 15) is 4.79 Å². The van der Waals surface area contributed by atoms with Crippen LogP contribution in [0.2, 0.25) is 0 Å². The standard InChI is InChI=1S/C15H22N2O2/c1-3-17(13-6-4-12(2)5-7-13)15(18)10-14-11-16-8-9-19-14/h4-7,14,16H,3,8-11H2,1-2H3. The molecule has 0 spiro atoms. The summed E-state index contributed by atoms with van der Waals surface area (Å²) in [4.78, 5) is 14.2. The van der Waals surface area contributed by atoms with Crippen LogP contribution in [0.5, 0.6) is 0 Å². The number of aryl methyl sites for hydroxylation is 1. The van der Waals surface area contributed by atoms with E-state index in [1.165, 1.54) is 5.56 Å². The third kappa shape index (κ3) is 3.78. The molecule has 4 nitrogen and oxygen atoms in total. The molecular formula is C15H22N2O2. The maximum atomic E-state index is 12.3. The van der Waals surface area contributed by atoms with Crippen molar-refractivity contribution in [3.8, 4) is 0 Å². The van der Waals surface area contributed by atoms with Crippen LogP contribution in [0.3, 0.4) is 0 Å². The lowest BCUT2D eigenvalue weighted by Crippen LogP contribution is -2.42. The second kappa shape index (κ2) is 6.68. The molecule has 4 heteroatoms. The van der Waals surface area contributed by atoms with Gasteiger partial charge < -0.3 is 15.0 Å². The zero-order valence-corrected chi connectivity index (χ0v) is 11.7. The molecule has 1 unspecified atom stereocenters. The lowest BCUT2D eigenvalue weighted by atomic mass is 10.1. The van der Waals surface area contributed by atoms with Crippen LogP contribution in [0.4, 0.5) is 5.69 Å². The molecule has 1 amide bonds. The zero-order valence-electron chi connectivity index (χ0n) is 11.7. The van der Waals surface area contributed by atoms with E-state index in [0.29, 0.717) is 19.6 Å². The number of benzene rings is 1. The zero-order chi connectivity index (χ0) is 13.7. The second-order valence-electron chi connectivity index (χ2n) is 4.87. The number of anilines is 1. The van der Waals surface area contributed by atoms with Gasteiger partial charge in [0.1, 0.15) is 0 Å². The van der Waals surface area contributed by atoms with E-state index < -0.39 is 0 Å². The average Bonchev–Trinajstić information content (AvgIpc) is 2.43. The van der Waals surface area contributed by atoms with Gasteiger partial charge >= 0.3 is 0 Å². The van der Waals surface area contributed by atoms with Gasteiger partial charge in [-0.25, -0.2) is 0 Å². The van der Waals surface area contributed by atoms with Crippen LogP contribution in [-0.2, 0) is 9.53 Å². The van der Waals surface area contributed by atoms with Gasteiger partial charge in [0.05, 0.1) is 19.1 Å². The first-order valence-corrected chi connectivity index (χ1v) is 6.90. The van der Waals surface area contributed by atoms with E-state index >= 15 is 0 Å². The number of hydrogen-bond acceptors (Lipinski definition) is 3. The Hall–Kier alpha value is -1.39. The van der Waals surface area contributed by atoms with E-state index in [-0.39, 0.29) is 12.0 Å². The maximum absolute atomic E-state index is 12.3. The number of nitrogens with one attached hydrogen (secondary N) is 1. The molecule has 1 aromatic carbocycles. The molecule has 1 aliphatic heterocycles. The van der Waals surface area contributed by atoms with Crippen LogP contribution < -0.4 is 10.2 Å². The number of nitrogens with zero attached hydrogens (tertiary/aromatic N) is 1. The summed E-state index contributed by atoms with van der Waals surface area (Å²) in [5.41, 5.74) is 2.16. The molecule has 1 saturated heterocycles. The van der Waals surface area contributed by atoms with Crippen LogP contribution in [0.1, 0.15) is 18.9 Å². The average molecular weight is 262 g/mol. The van der Waals surface area contributed by atoms with Crippen molar-refractivity contribution in [1.29, 1.82) is 0 Å². The smallest absolute Gasteiger partial charge is 0.229 e. The third-order valence-corrected chi connectivity index (χ3v) is 3.37. The first kappa shape index (κ1) is 14.0. The number of hydrogen-bond donors (Lipinski definition) is 1. The molecule has 1 aromatic rings. The fraction of sp³-hybridized carbons (Fsp3) is 0.533. The quantitative estimate of drug-likeness (QED) is 0.898. The number of carbonyl (C=O) groups excluding carboxylic acids is 1. The lowest BCUT2D eigenvalue weighted by molar-refractivity contribution is -0.121. The molecule has 1 fully saturated rings. The Labute approximate surface area is 114 Å². The van der Waals surface area contributed by atoms with Crippen molar-refractivity contribution in [1.82, 2.24) is 5.32 Å². The van der Waals surface area contributed by atoms with Crippen molar-refractivity contribution in [3.05, 3.63) is 29.8 Å². The summed E-state index contributed by atoms with van der Waals surface area (Å²) in [6.07, 6.45) is 0.440. The minimum atomic E-state index is 0.000693. The van der Waals surface area contributed by atoms with Gasteiger partial charge in [-0.3, -0.25) is 4.79 Å². The molecule has 1 aliphatic rings. The van der Waals surface area contributed by atoms with Crippen LogP contribution in [0, 0.1) is 6.92 Å². The minimum absolute atomic E-state index is 0.000693. The van der Waals surface area contributed by atoms with Crippen molar-refractivity contribution in [2.75, 3.05) is 31.1 Å². The minimum Gasteiger partial charge on any atom is -0.375 e. The summed E-state index contributed by atoms with van der Waals surface area (Å²) >= 11 is 0. The molecule has 104 valence electrons. The predicted octanol–water partition coefficient (Wildman–Crippen LogP) is 1.73. The highest BCUT2D eigenvalue weighted by Gasteiger charge is 2.21. The first-order chi connectivity index (χ1) is 9.20. The van der Waals surface area contributed by atoms with E-state index in [0.717, 1.165) is 18.8 Å². The molecule has 0 radical (unpaired) electrons. The van der Waals surface area contributed by atoms with Gasteiger partial charge in [-0.1, -0.05) is 17.7 Å². The predicted molar refractivity (Wildman–Crippen MR) is 76.4 cm³/mol. The molecule has 19 heavy (non-hydrogen) atoms. The van der Waals surface area contributed by atoms with E-state index in [1.54, 1.807) is 0 Å². The Morgan fingerprint density at radius 1 is 1.42 bits per heavy atom. The van der Waals surface area contributed by atoms with Gasteiger partial charge in [-0.05, 0) is 26.0 Å². The van der Waals surface area contributed by atoms with Gasteiger partial charge in [0.15, 0.2) is 0 Å². The topological polar surface area (TPSA) is 41.6 Å². The number of rotatable bonds is 4. The highest BCUT2D eigenvalue weighted by molar-refractivity contribution is 5.93. The Morgan fingerprint density at radius 2 is 2.16 bits per heavy atom. The Kier molecular flexibility index (Phi) is 4.93. The Morgan fingerprint density at radius 3 is 2.74 bits per heavy atom. The molecule has 1 atom stereocenters. The summed E-state index contributed by atoms with van der Waals surface area (Å²) in [6, 6.07) is 8.06. The summed E-state index contributed by atoms with van der Waals surface area (Å²) in [5, 5.41) is 3.25. The maximum Gasteiger partial charge on any atom is 0.229 e. The summed E-state index contributed by atoms with van der Waals surface area (Å²) in [5.74, 6) is 0.125. The molecular weight excluding hydrogens is 240 g/mol. The largest absolute Gasteiger partial charge is 0.375 e. The van der Waals surface area contributed by atoms with Crippen molar-refractivity contribution < 1.29 is 9.53 Å². The van der Waals surface area contributed by atoms with Gasteiger partial charge in [-0.2, -0.15) is 0 Å². The number of morpholine rings is 1. The van der Waals surface area contributed by atoms with Gasteiger partial charge in [-0.15, -0.1) is 0 Å². The Balaban J connectivity index is 2.00. The summed E-state index contributed by atoms with van der Waals surface area (Å²) < 4.78 is 5.59. The molecule has 2 rings (SSSR count). The number of amides is 1. The van der Waals surface area contributed by atoms with E-state index in [2.05, 4.69) is 5.32 Å². The summed E-state index contributed by atoms with van der Waals surface area (Å²) in [7, 11) is 0. The highest BCUT2D eigenvalue weighted by atomic mass is 16.5. The molecule has 0 aliphatic carbocycles. The normalized spacial score (nSPS) is 19.2. The van der Waals surface area contributed by atoms with E-state index in [1.807, 2.05) is 43.0 Å². The van der Waals surface area contributed by atoms with Crippen LogP contribution in [-0.4, -0.2) is 38.3 Å². The summed E-state index contributed by atoms with van der Waals surface area (Å²) in [6.45, 7) is 7.05. The van der Waals surface area contributed by atoms with Crippen LogP contribution in [0.15, 0.2) is 24.3 Å². The second-order valence-corrected chi connectivity index (χ2v) is 4.87. The van der Waals surface area contributed by atoms with Crippen molar-refractivity contribution in [2.24, 2.45) is 0 Å². The van der Waals surface area contributed by atoms with Gasteiger partial charge in [0.2, 0.25) is 5.91 Å². The van der Waals surface area contributed by atoms with Gasteiger partial charge in [0.25, 0.3) is 0 Å². The third-order valence-electron chi connectivity index (χ3n) is 3.37. The molecule has 0 bridgehead atoms. The SMILES string of the molecule is CCN(C(=O)CC1CNCCO1)c1ccc(C)cc1. The van der Waals surface area contributed by atoms with Crippen LogP contribution >= 0.6 is 0 Å². The van der Waals surface area contributed by atoms with Crippen molar-refractivity contribution >= 4 is 11.6 Å². The number of ether oxygens (including phenoxy) is 1. The van der Waals surface area contributed by atoms with Crippen molar-refractivity contribution in [3.63, 3.8) is 0 Å². The molecule has 0 saturated carbocycles. The van der Waals surface area contributed by atoms with Crippen LogP contribution in [0.25, 0.3) is 0 Å². The number of carbonyl (C=O) groups is 1. The lowest BCUT2D eigenvalue weighted by Gasteiger charge is -2.27. The fourth-order valence-electron chi connectivity index (χ4n) is 2.28. The van der Waals surface area contributed by atoms with Gasteiger partial charge in [0, 0.05) is 25.3 Å². The Bertz CT molecular complexity index is 411. The van der Waals surface area contributed by atoms with E-state index in [4.69, 9.17) is 4.74 Å². The van der Waals surface area contributed by atoms with Crippen molar-refractivity contribution in [2.45, 2.75) is 26.4 Å².